The van der Waals surface area contributed by atoms with Gasteiger partial charge in [-0.15, -0.1) is 0 Å². The Bertz CT molecular complexity index is 362. The molecule has 0 amide bonds. The summed E-state index contributed by atoms with van der Waals surface area (Å²) in [5.74, 6) is 0. The van der Waals surface area contributed by atoms with Gasteiger partial charge in [-0.2, -0.15) is 8.42 Å². The molecule has 0 saturated heterocycles. The van der Waals surface area contributed by atoms with E-state index in [0.717, 1.165) is 6.20 Å². The summed E-state index contributed by atoms with van der Waals surface area (Å²) in [5.41, 5.74) is 0. The normalized spacial score (nSPS) is 11.5. The number of aromatic nitrogens is 1. The SMILES string of the molecule is O=S(=O)(O)c1cnccc1Cl. The van der Waals surface area contributed by atoms with Crippen LogP contribution in [0.15, 0.2) is 23.4 Å². The Balaban J connectivity index is 3.37. The van der Waals surface area contributed by atoms with Crippen molar-refractivity contribution in [2.75, 3.05) is 0 Å². The topological polar surface area (TPSA) is 67.3 Å². The fourth-order valence-corrected chi connectivity index (χ4v) is 1.46. The first-order valence-electron chi connectivity index (χ1n) is 2.59. The van der Waals surface area contributed by atoms with Gasteiger partial charge in [-0.1, -0.05) is 11.6 Å². The Morgan fingerprint density at radius 1 is 1.55 bits per heavy atom. The van der Waals surface area contributed by atoms with Crippen LogP contribution in [0.5, 0.6) is 0 Å². The number of pyridine rings is 1. The molecule has 1 N–H and O–H groups in total. The number of rotatable bonds is 1. The van der Waals surface area contributed by atoms with Gasteiger partial charge in [-0.05, 0) is 6.07 Å². The van der Waals surface area contributed by atoms with E-state index in [4.69, 9.17) is 16.2 Å². The molecular formula is C5H4ClNO3S. The maximum atomic E-state index is 10.5. The second kappa shape index (κ2) is 2.77. The zero-order chi connectivity index (χ0) is 8.48. The number of hydrogen-bond acceptors (Lipinski definition) is 3. The lowest BCUT2D eigenvalue weighted by Crippen LogP contribution is -1.99. The molecule has 0 radical (unpaired) electrons. The van der Waals surface area contributed by atoms with E-state index in [9.17, 15) is 8.42 Å². The molecule has 0 atom stereocenters. The first kappa shape index (κ1) is 8.45. The molecule has 0 saturated carbocycles. The Morgan fingerprint density at radius 3 is 2.55 bits per heavy atom. The molecule has 0 bridgehead atoms. The molecule has 1 rings (SSSR count). The standard InChI is InChI=1S/C5H4ClNO3S/c6-4-1-2-7-3-5(4)11(8,9)10/h1-3H,(H,8,9,10). The lowest BCUT2D eigenvalue weighted by Gasteiger charge is -1.96. The summed E-state index contributed by atoms with van der Waals surface area (Å²) in [6, 6.07) is 1.28. The summed E-state index contributed by atoms with van der Waals surface area (Å²) in [4.78, 5) is 3.11. The van der Waals surface area contributed by atoms with Crippen LogP contribution in [0, 0.1) is 0 Å². The number of hydrogen-bond donors (Lipinski definition) is 1. The molecule has 0 aliphatic rings. The first-order valence-corrected chi connectivity index (χ1v) is 4.40. The largest absolute Gasteiger partial charge is 0.297 e. The first-order chi connectivity index (χ1) is 5.02. The molecule has 0 fully saturated rings. The third-order valence-electron chi connectivity index (χ3n) is 1.01. The molecule has 6 heteroatoms. The van der Waals surface area contributed by atoms with Gasteiger partial charge >= 0.3 is 0 Å². The van der Waals surface area contributed by atoms with Crippen LogP contribution in [0.4, 0.5) is 0 Å². The summed E-state index contributed by atoms with van der Waals surface area (Å²) >= 11 is 5.43. The Hall–Kier alpha value is -0.650. The van der Waals surface area contributed by atoms with E-state index in [1.54, 1.807) is 0 Å². The van der Waals surface area contributed by atoms with Gasteiger partial charge in [0, 0.05) is 12.4 Å². The Morgan fingerprint density at radius 2 is 2.18 bits per heavy atom. The van der Waals surface area contributed by atoms with Crippen LogP contribution in [0.25, 0.3) is 0 Å². The van der Waals surface area contributed by atoms with Gasteiger partial charge in [0.05, 0.1) is 5.02 Å². The average Bonchev–Trinajstić information content (AvgIpc) is 1.86. The van der Waals surface area contributed by atoms with Crippen LogP contribution < -0.4 is 0 Å². The van der Waals surface area contributed by atoms with Crippen LogP contribution in [-0.4, -0.2) is 18.0 Å². The lowest BCUT2D eigenvalue weighted by atomic mass is 10.5. The van der Waals surface area contributed by atoms with Crippen LogP contribution in [-0.2, 0) is 10.1 Å². The molecule has 0 aromatic carbocycles. The van der Waals surface area contributed by atoms with Crippen molar-refractivity contribution in [2.45, 2.75) is 4.90 Å². The highest BCUT2D eigenvalue weighted by Gasteiger charge is 2.13. The quantitative estimate of drug-likeness (QED) is 0.676. The summed E-state index contributed by atoms with van der Waals surface area (Å²) in [5, 5.41) is -0.0394. The van der Waals surface area contributed by atoms with E-state index >= 15 is 0 Å². The van der Waals surface area contributed by atoms with E-state index in [-0.39, 0.29) is 9.92 Å². The maximum Gasteiger partial charge on any atom is 0.297 e. The van der Waals surface area contributed by atoms with Crippen molar-refractivity contribution in [3.05, 3.63) is 23.5 Å². The number of halogens is 1. The van der Waals surface area contributed by atoms with Gasteiger partial charge < -0.3 is 0 Å². The molecule has 0 aliphatic carbocycles. The second-order valence-electron chi connectivity index (χ2n) is 1.78. The lowest BCUT2D eigenvalue weighted by molar-refractivity contribution is 0.483. The van der Waals surface area contributed by atoms with Crippen molar-refractivity contribution in [1.29, 1.82) is 0 Å². The third-order valence-corrected chi connectivity index (χ3v) is 2.33. The molecule has 0 aliphatic heterocycles. The van der Waals surface area contributed by atoms with Crippen LogP contribution in [0.1, 0.15) is 0 Å². The fraction of sp³-hybridized carbons (Fsp3) is 0. The van der Waals surface area contributed by atoms with Crippen LogP contribution >= 0.6 is 11.6 Å². The minimum absolute atomic E-state index is 0.0394. The number of nitrogens with zero attached hydrogens (tertiary/aromatic N) is 1. The van der Waals surface area contributed by atoms with Gasteiger partial charge in [0.1, 0.15) is 4.90 Å². The monoisotopic (exact) mass is 193 g/mol. The molecule has 1 aromatic rings. The van der Waals surface area contributed by atoms with Crippen molar-refractivity contribution in [1.82, 2.24) is 4.98 Å². The molecule has 1 aromatic heterocycles. The van der Waals surface area contributed by atoms with Crippen molar-refractivity contribution < 1.29 is 13.0 Å². The third kappa shape index (κ3) is 1.89. The zero-order valence-electron chi connectivity index (χ0n) is 5.23. The van der Waals surface area contributed by atoms with E-state index in [1.165, 1.54) is 12.3 Å². The van der Waals surface area contributed by atoms with Crippen molar-refractivity contribution in [3.8, 4) is 0 Å². The predicted octanol–water partition coefficient (Wildman–Crippen LogP) is 0.982. The van der Waals surface area contributed by atoms with E-state index in [0.29, 0.717) is 0 Å². The molecule has 0 unspecified atom stereocenters. The summed E-state index contributed by atoms with van der Waals surface area (Å²) < 4.78 is 29.5. The molecule has 1 heterocycles. The maximum absolute atomic E-state index is 10.5. The van der Waals surface area contributed by atoms with Gasteiger partial charge in [0.15, 0.2) is 0 Å². The highest BCUT2D eigenvalue weighted by Crippen LogP contribution is 2.18. The molecular weight excluding hydrogens is 190 g/mol. The van der Waals surface area contributed by atoms with Crippen molar-refractivity contribution in [3.63, 3.8) is 0 Å². The summed E-state index contributed by atoms with van der Waals surface area (Å²) in [6.45, 7) is 0. The smallest absolute Gasteiger partial charge is 0.282 e. The van der Waals surface area contributed by atoms with Gasteiger partial charge in [0.2, 0.25) is 0 Å². The van der Waals surface area contributed by atoms with E-state index < -0.39 is 10.1 Å². The van der Waals surface area contributed by atoms with Gasteiger partial charge in [-0.3, -0.25) is 9.54 Å². The minimum Gasteiger partial charge on any atom is -0.282 e. The zero-order valence-corrected chi connectivity index (χ0v) is 6.80. The average molecular weight is 194 g/mol. The van der Waals surface area contributed by atoms with E-state index in [1.807, 2.05) is 0 Å². The highest BCUT2D eigenvalue weighted by atomic mass is 35.5. The Labute approximate surface area is 68.6 Å². The summed E-state index contributed by atoms with van der Waals surface area (Å²) in [7, 11) is -4.23. The minimum atomic E-state index is -4.23. The van der Waals surface area contributed by atoms with Crippen LogP contribution in [0.3, 0.4) is 0 Å². The van der Waals surface area contributed by atoms with E-state index in [2.05, 4.69) is 4.98 Å². The fourth-order valence-electron chi connectivity index (χ4n) is 0.553. The Kier molecular flexibility index (Phi) is 2.12. The molecule has 4 nitrogen and oxygen atoms in total. The van der Waals surface area contributed by atoms with Crippen molar-refractivity contribution in [2.24, 2.45) is 0 Å². The molecule has 11 heavy (non-hydrogen) atoms. The summed E-state index contributed by atoms with van der Waals surface area (Å²) in [6.07, 6.45) is 2.31. The predicted molar refractivity (Wildman–Crippen MR) is 39.1 cm³/mol. The second-order valence-corrected chi connectivity index (χ2v) is 3.58. The van der Waals surface area contributed by atoms with Gasteiger partial charge in [0.25, 0.3) is 10.1 Å². The van der Waals surface area contributed by atoms with Gasteiger partial charge in [-0.25, -0.2) is 0 Å². The molecule has 60 valence electrons. The van der Waals surface area contributed by atoms with Crippen LogP contribution in [0.2, 0.25) is 5.02 Å². The molecule has 0 spiro atoms. The van der Waals surface area contributed by atoms with Crippen molar-refractivity contribution >= 4 is 21.7 Å². The highest BCUT2D eigenvalue weighted by molar-refractivity contribution is 7.86.